The quantitative estimate of drug-likeness (QED) is 0.587. The minimum atomic E-state index is 0.282. The normalized spacial score (nSPS) is 30.7. The third-order valence-corrected chi connectivity index (χ3v) is 3.99. The highest BCUT2D eigenvalue weighted by atomic mass is 16.6. The molecule has 2 fully saturated rings. The Labute approximate surface area is 102 Å². The van der Waals surface area contributed by atoms with Crippen LogP contribution in [-0.2, 0) is 4.74 Å². The maximum absolute atomic E-state index is 11.9. The molecule has 1 saturated heterocycles. The molecule has 0 aromatic heterocycles. The van der Waals surface area contributed by atoms with Crippen molar-refractivity contribution < 1.29 is 9.53 Å². The van der Waals surface area contributed by atoms with Gasteiger partial charge in [0.1, 0.15) is 0 Å². The van der Waals surface area contributed by atoms with Gasteiger partial charge < -0.3 is 4.74 Å². The Morgan fingerprint density at radius 2 is 2.00 bits per heavy atom. The number of carbonyl (C=O) groups excluding carboxylic acids is 1. The number of ether oxygens (including phenoxy) is 1. The molecule has 0 unspecified atom stereocenters. The number of ketones is 1. The van der Waals surface area contributed by atoms with Gasteiger partial charge in [-0.15, -0.1) is 0 Å². The van der Waals surface area contributed by atoms with Gasteiger partial charge in [-0.25, -0.2) is 0 Å². The van der Waals surface area contributed by atoms with E-state index in [1.807, 2.05) is 30.3 Å². The maximum Gasteiger partial charge on any atom is 0.162 e. The van der Waals surface area contributed by atoms with E-state index in [0.717, 1.165) is 12.0 Å². The zero-order valence-electron chi connectivity index (χ0n) is 9.97. The van der Waals surface area contributed by atoms with E-state index >= 15 is 0 Å². The van der Waals surface area contributed by atoms with Crippen LogP contribution in [0.15, 0.2) is 30.3 Å². The van der Waals surface area contributed by atoms with E-state index in [0.29, 0.717) is 24.5 Å². The molecule has 0 amide bonds. The molecule has 2 nitrogen and oxygen atoms in total. The maximum atomic E-state index is 11.9. The van der Waals surface area contributed by atoms with E-state index in [4.69, 9.17) is 4.74 Å². The highest BCUT2D eigenvalue weighted by molar-refractivity contribution is 5.95. The monoisotopic (exact) mass is 230 g/mol. The molecular weight excluding hydrogens is 212 g/mol. The van der Waals surface area contributed by atoms with Gasteiger partial charge in [0.25, 0.3) is 0 Å². The first-order valence-electron chi connectivity index (χ1n) is 6.56. The van der Waals surface area contributed by atoms with Crippen LogP contribution in [0, 0.1) is 5.92 Å². The van der Waals surface area contributed by atoms with Gasteiger partial charge in [-0.3, -0.25) is 4.79 Å². The molecule has 2 heteroatoms. The zero-order valence-corrected chi connectivity index (χ0v) is 9.97. The molecule has 1 heterocycles. The summed E-state index contributed by atoms with van der Waals surface area (Å²) in [6.45, 7) is 0. The van der Waals surface area contributed by atoms with Gasteiger partial charge in [-0.1, -0.05) is 30.3 Å². The molecular formula is C15H18O2. The topological polar surface area (TPSA) is 29.6 Å². The van der Waals surface area contributed by atoms with Gasteiger partial charge in [-0.05, 0) is 31.6 Å². The SMILES string of the molecule is O=C(CC[C@@H]1CC[C@H]2O[C@H]2C1)c1ccccc1. The van der Waals surface area contributed by atoms with Crippen LogP contribution in [0.3, 0.4) is 0 Å². The van der Waals surface area contributed by atoms with Crippen molar-refractivity contribution in [1.29, 1.82) is 0 Å². The molecule has 90 valence electrons. The molecule has 0 spiro atoms. The molecule has 3 atom stereocenters. The molecule has 0 N–H and O–H groups in total. The first-order valence-corrected chi connectivity index (χ1v) is 6.56. The Morgan fingerprint density at radius 1 is 1.18 bits per heavy atom. The number of hydrogen-bond donors (Lipinski definition) is 0. The fourth-order valence-electron chi connectivity index (χ4n) is 2.85. The van der Waals surface area contributed by atoms with Crippen LogP contribution in [0.5, 0.6) is 0 Å². The fraction of sp³-hybridized carbons (Fsp3) is 0.533. The first-order chi connectivity index (χ1) is 8.33. The number of fused-ring (bicyclic) bond motifs is 1. The van der Waals surface area contributed by atoms with E-state index in [9.17, 15) is 4.79 Å². The summed E-state index contributed by atoms with van der Waals surface area (Å²) >= 11 is 0. The summed E-state index contributed by atoms with van der Waals surface area (Å²) in [5.74, 6) is 0.982. The van der Waals surface area contributed by atoms with Crippen LogP contribution in [0.2, 0.25) is 0 Å². The number of epoxide rings is 1. The van der Waals surface area contributed by atoms with Gasteiger partial charge >= 0.3 is 0 Å². The number of Topliss-reactive ketones (excluding diaryl/α,β-unsaturated/α-hetero) is 1. The summed E-state index contributed by atoms with van der Waals surface area (Å²) < 4.78 is 5.51. The van der Waals surface area contributed by atoms with Gasteiger partial charge in [-0.2, -0.15) is 0 Å². The van der Waals surface area contributed by atoms with Crippen LogP contribution in [-0.4, -0.2) is 18.0 Å². The van der Waals surface area contributed by atoms with Gasteiger partial charge in [0.05, 0.1) is 12.2 Å². The number of carbonyl (C=O) groups is 1. The van der Waals surface area contributed by atoms with E-state index in [1.54, 1.807) is 0 Å². The lowest BCUT2D eigenvalue weighted by Gasteiger charge is -2.18. The van der Waals surface area contributed by atoms with Crippen LogP contribution in [0.1, 0.15) is 42.5 Å². The molecule has 1 aliphatic carbocycles. The Kier molecular flexibility index (Phi) is 2.98. The van der Waals surface area contributed by atoms with Crippen molar-refractivity contribution in [2.24, 2.45) is 5.92 Å². The van der Waals surface area contributed by atoms with Gasteiger partial charge in [0.2, 0.25) is 0 Å². The predicted molar refractivity (Wildman–Crippen MR) is 66.0 cm³/mol. The van der Waals surface area contributed by atoms with Crippen molar-refractivity contribution in [3.05, 3.63) is 35.9 Å². The summed E-state index contributed by atoms with van der Waals surface area (Å²) in [7, 11) is 0. The fourth-order valence-corrected chi connectivity index (χ4v) is 2.85. The van der Waals surface area contributed by atoms with Crippen LogP contribution < -0.4 is 0 Å². The Hall–Kier alpha value is -1.15. The molecule has 3 rings (SSSR count). The molecule has 1 aromatic rings. The van der Waals surface area contributed by atoms with Crippen molar-refractivity contribution >= 4 is 5.78 Å². The first kappa shape index (κ1) is 11.0. The van der Waals surface area contributed by atoms with E-state index < -0.39 is 0 Å². The second-order valence-electron chi connectivity index (χ2n) is 5.22. The average Bonchev–Trinajstić information content (AvgIpc) is 3.15. The number of benzene rings is 1. The number of hydrogen-bond acceptors (Lipinski definition) is 2. The minimum absolute atomic E-state index is 0.282. The van der Waals surface area contributed by atoms with Crippen molar-refractivity contribution in [2.75, 3.05) is 0 Å². The van der Waals surface area contributed by atoms with Crippen LogP contribution in [0.25, 0.3) is 0 Å². The molecule has 0 radical (unpaired) electrons. The highest BCUT2D eigenvalue weighted by Crippen LogP contribution is 2.40. The second kappa shape index (κ2) is 4.61. The van der Waals surface area contributed by atoms with E-state index in [2.05, 4.69) is 0 Å². The van der Waals surface area contributed by atoms with Crippen molar-refractivity contribution in [1.82, 2.24) is 0 Å². The summed E-state index contributed by atoms with van der Waals surface area (Å²) in [5, 5.41) is 0. The third-order valence-electron chi connectivity index (χ3n) is 3.99. The van der Waals surface area contributed by atoms with Gasteiger partial charge in [0, 0.05) is 12.0 Å². The van der Waals surface area contributed by atoms with Crippen molar-refractivity contribution in [3.8, 4) is 0 Å². The Morgan fingerprint density at radius 3 is 2.76 bits per heavy atom. The predicted octanol–water partition coefficient (Wildman–Crippen LogP) is 3.22. The van der Waals surface area contributed by atoms with E-state index in [-0.39, 0.29) is 5.78 Å². The second-order valence-corrected chi connectivity index (χ2v) is 5.22. The summed E-state index contributed by atoms with van der Waals surface area (Å²) in [5.41, 5.74) is 0.851. The Balaban J connectivity index is 1.49. The molecule has 1 aromatic carbocycles. The lowest BCUT2D eigenvalue weighted by Crippen LogP contribution is -2.14. The smallest absolute Gasteiger partial charge is 0.162 e. The molecule has 1 saturated carbocycles. The van der Waals surface area contributed by atoms with Gasteiger partial charge in [0.15, 0.2) is 5.78 Å². The molecule has 17 heavy (non-hydrogen) atoms. The summed E-state index contributed by atoms with van der Waals surface area (Å²) in [6, 6.07) is 9.61. The average molecular weight is 230 g/mol. The lowest BCUT2D eigenvalue weighted by molar-refractivity contribution is 0.0971. The van der Waals surface area contributed by atoms with E-state index in [1.165, 1.54) is 19.3 Å². The molecule has 1 aliphatic heterocycles. The Bertz CT molecular complexity index is 399. The lowest BCUT2D eigenvalue weighted by atomic mass is 9.85. The molecule has 0 bridgehead atoms. The summed E-state index contributed by atoms with van der Waals surface area (Å²) in [6.07, 6.45) is 6.42. The van der Waals surface area contributed by atoms with Crippen LogP contribution >= 0.6 is 0 Å². The zero-order chi connectivity index (χ0) is 11.7. The van der Waals surface area contributed by atoms with Crippen molar-refractivity contribution in [3.63, 3.8) is 0 Å². The largest absolute Gasteiger partial charge is 0.370 e. The standard InChI is InChI=1S/C15H18O2/c16-13(12-4-2-1-3-5-12)8-6-11-7-9-14-15(10-11)17-14/h1-5,11,14-15H,6-10H2/t11-,14-,15+/m1/s1. The highest BCUT2D eigenvalue weighted by Gasteiger charge is 2.43. The molecule has 2 aliphatic rings. The minimum Gasteiger partial charge on any atom is -0.370 e. The van der Waals surface area contributed by atoms with Crippen LogP contribution in [0.4, 0.5) is 0 Å². The third kappa shape index (κ3) is 2.58. The number of rotatable bonds is 4. The summed E-state index contributed by atoms with van der Waals surface area (Å²) in [4.78, 5) is 11.9. The van der Waals surface area contributed by atoms with Crippen molar-refractivity contribution in [2.45, 2.75) is 44.3 Å².